The number of likely N-dealkylation sites (tertiary alicyclic amines) is 1. The van der Waals surface area contributed by atoms with Crippen LogP contribution in [0, 0.1) is 0 Å². The minimum absolute atomic E-state index is 0.0988. The maximum atomic E-state index is 12.6. The van der Waals surface area contributed by atoms with Gasteiger partial charge in [0.1, 0.15) is 0 Å². The molecule has 1 aliphatic rings. The standard InChI is InChI=1S/C24H23N3O2/c25-23(28)20-8-4-7-19(15-20)21-9-10-22(26-16-21)17-11-13-27(14-12-17)24(29)18-5-2-1-3-6-18/h1-10,15-17H,11-14H2,(H2,25,28). The molecule has 0 radical (unpaired) electrons. The van der Waals surface area contributed by atoms with Gasteiger partial charge >= 0.3 is 0 Å². The van der Waals surface area contributed by atoms with Gasteiger partial charge in [0.25, 0.3) is 5.91 Å². The molecule has 0 atom stereocenters. The molecule has 2 amide bonds. The third kappa shape index (κ3) is 4.19. The van der Waals surface area contributed by atoms with Gasteiger partial charge in [0.15, 0.2) is 0 Å². The molecule has 3 aromatic rings. The summed E-state index contributed by atoms with van der Waals surface area (Å²) < 4.78 is 0. The van der Waals surface area contributed by atoms with Gasteiger partial charge in [-0.3, -0.25) is 14.6 Å². The van der Waals surface area contributed by atoms with Crippen LogP contribution in [0.5, 0.6) is 0 Å². The molecule has 2 aromatic carbocycles. The Hall–Kier alpha value is -3.47. The number of pyridine rings is 1. The second-order valence-corrected chi connectivity index (χ2v) is 7.35. The Kier molecular flexibility index (Phi) is 5.38. The maximum Gasteiger partial charge on any atom is 0.253 e. The third-order valence-corrected chi connectivity index (χ3v) is 5.49. The van der Waals surface area contributed by atoms with E-state index < -0.39 is 5.91 Å². The largest absolute Gasteiger partial charge is 0.366 e. The molecule has 0 spiro atoms. The Bertz CT molecular complexity index is 1010. The van der Waals surface area contributed by atoms with E-state index in [1.54, 1.807) is 12.1 Å². The van der Waals surface area contributed by atoms with E-state index >= 15 is 0 Å². The molecule has 146 valence electrons. The summed E-state index contributed by atoms with van der Waals surface area (Å²) in [5, 5.41) is 0. The molecule has 0 aliphatic carbocycles. The molecule has 2 heterocycles. The number of hydrogen-bond acceptors (Lipinski definition) is 3. The minimum Gasteiger partial charge on any atom is -0.366 e. The van der Waals surface area contributed by atoms with E-state index in [4.69, 9.17) is 5.73 Å². The Morgan fingerprint density at radius 2 is 1.59 bits per heavy atom. The zero-order valence-corrected chi connectivity index (χ0v) is 16.1. The average molecular weight is 385 g/mol. The van der Waals surface area contributed by atoms with Gasteiger partial charge in [-0.2, -0.15) is 0 Å². The van der Waals surface area contributed by atoms with Crippen molar-refractivity contribution in [3.8, 4) is 11.1 Å². The van der Waals surface area contributed by atoms with Crippen molar-refractivity contribution in [2.45, 2.75) is 18.8 Å². The van der Waals surface area contributed by atoms with Crippen molar-refractivity contribution >= 4 is 11.8 Å². The number of piperidine rings is 1. The lowest BCUT2D eigenvalue weighted by atomic mass is 9.92. The fourth-order valence-electron chi connectivity index (χ4n) is 3.81. The van der Waals surface area contributed by atoms with E-state index in [1.807, 2.05) is 65.7 Å². The molecular weight excluding hydrogens is 362 g/mol. The molecule has 1 fully saturated rings. The summed E-state index contributed by atoms with van der Waals surface area (Å²) in [6, 6.07) is 20.8. The van der Waals surface area contributed by atoms with Gasteiger partial charge in [-0.25, -0.2) is 0 Å². The van der Waals surface area contributed by atoms with E-state index in [9.17, 15) is 9.59 Å². The summed E-state index contributed by atoms with van der Waals surface area (Å²) >= 11 is 0. The Morgan fingerprint density at radius 1 is 0.862 bits per heavy atom. The van der Waals surface area contributed by atoms with E-state index in [0.717, 1.165) is 48.3 Å². The number of benzene rings is 2. The molecule has 1 aromatic heterocycles. The molecule has 1 saturated heterocycles. The quantitative estimate of drug-likeness (QED) is 0.741. The van der Waals surface area contributed by atoms with Crippen molar-refractivity contribution in [3.63, 3.8) is 0 Å². The van der Waals surface area contributed by atoms with Crippen LogP contribution >= 0.6 is 0 Å². The van der Waals surface area contributed by atoms with Crippen LogP contribution in [-0.4, -0.2) is 34.8 Å². The lowest BCUT2D eigenvalue weighted by Crippen LogP contribution is -2.38. The Labute approximate surface area is 170 Å². The number of carbonyl (C=O) groups excluding carboxylic acids is 2. The van der Waals surface area contributed by atoms with Crippen molar-refractivity contribution in [1.82, 2.24) is 9.88 Å². The molecular formula is C24H23N3O2. The fourth-order valence-corrected chi connectivity index (χ4v) is 3.81. The molecule has 5 nitrogen and oxygen atoms in total. The van der Waals surface area contributed by atoms with Crippen molar-refractivity contribution in [2.24, 2.45) is 5.73 Å². The molecule has 29 heavy (non-hydrogen) atoms. The number of nitrogens with two attached hydrogens (primary N) is 1. The SMILES string of the molecule is NC(=O)c1cccc(-c2ccc(C3CCN(C(=O)c4ccccc4)CC3)nc2)c1. The predicted octanol–water partition coefficient (Wildman–Crippen LogP) is 3.87. The van der Waals surface area contributed by atoms with Crippen molar-refractivity contribution in [3.05, 3.63) is 89.7 Å². The van der Waals surface area contributed by atoms with Crippen LogP contribution in [0.25, 0.3) is 11.1 Å². The Morgan fingerprint density at radius 3 is 2.24 bits per heavy atom. The number of hydrogen-bond donors (Lipinski definition) is 1. The predicted molar refractivity (Wildman–Crippen MR) is 113 cm³/mol. The summed E-state index contributed by atoms with van der Waals surface area (Å²) in [6.07, 6.45) is 3.65. The van der Waals surface area contributed by atoms with Gasteiger partial charge in [0, 0.05) is 47.6 Å². The van der Waals surface area contributed by atoms with Gasteiger partial charge in [0.2, 0.25) is 5.91 Å². The molecule has 0 bridgehead atoms. The Balaban J connectivity index is 1.41. The second kappa shape index (κ2) is 8.27. The first kappa shape index (κ1) is 18.9. The van der Waals surface area contributed by atoms with Crippen LogP contribution in [0.3, 0.4) is 0 Å². The zero-order chi connectivity index (χ0) is 20.2. The first-order valence-electron chi connectivity index (χ1n) is 9.82. The minimum atomic E-state index is -0.437. The monoisotopic (exact) mass is 385 g/mol. The van der Waals surface area contributed by atoms with Gasteiger partial charge in [-0.05, 0) is 48.7 Å². The first-order valence-corrected chi connectivity index (χ1v) is 9.82. The van der Waals surface area contributed by atoms with E-state index in [-0.39, 0.29) is 5.91 Å². The molecule has 4 rings (SSSR count). The normalized spacial score (nSPS) is 14.6. The first-order chi connectivity index (χ1) is 14.1. The highest BCUT2D eigenvalue weighted by atomic mass is 16.2. The lowest BCUT2D eigenvalue weighted by Gasteiger charge is -2.32. The van der Waals surface area contributed by atoms with E-state index in [0.29, 0.717) is 11.5 Å². The molecule has 0 saturated carbocycles. The highest BCUT2D eigenvalue weighted by Gasteiger charge is 2.25. The van der Waals surface area contributed by atoms with Crippen LogP contribution in [0.2, 0.25) is 0 Å². The fraction of sp³-hybridized carbons (Fsp3) is 0.208. The highest BCUT2D eigenvalue weighted by Crippen LogP contribution is 2.29. The average Bonchev–Trinajstić information content (AvgIpc) is 2.79. The number of nitrogens with zero attached hydrogens (tertiary/aromatic N) is 2. The van der Waals surface area contributed by atoms with Gasteiger partial charge < -0.3 is 10.6 Å². The molecule has 2 N–H and O–H groups in total. The van der Waals surface area contributed by atoms with E-state index in [2.05, 4.69) is 4.98 Å². The topological polar surface area (TPSA) is 76.3 Å². The van der Waals surface area contributed by atoms with Crippen molar-refractivity contribution in [1.29, 1.82) is 0 Å². The summed E-state index contributed by atoms with van der Waals surface area (Å²) in [7, 11) is 0. The van der Waals surface area contributed by atoms with Crippen LogP contribution < -0.4 is 5.73 Å². The maximum absolute atomic E-state index is 12.6. The number of primary amides is 1. The summed E-state index contributed by atoms with van der Waals surface area (Å²) in [5.74, 6) is 0.00996. The molecule has 1 aliphatic heterocycles. The van der Waals surface area contributed by atoms with Crippen LogP contribution in [0.4, 0.5) is 0 Å². The van der Waals surface area contributed by atoms with Crippen LogP contribution in [0.1, 0.15) is 45.2 Å². The van der Waals surface area contributed by atoms with Crippen molar-refractivity contribution < 1.29 is 9.59 Å². The second-order valence-electron chi connectivity index (χ2n) is 7.35. The number of amides is 2. The van der Waals surface area contributed by atoms with Gasteiger partial charge in [0.05, 0.1) is 0 Å². The lowest BCUT2D eigenvalue weighted by molar-refractivity contribution is 0.0712. The number of rotatable bonds is 4. The molecule has 5 heteroatoms. The van der Waals surface area contributed by atoms with Gasteiger partial charge in [-0.15, -0.1) is 0 Å². The smallest absolute Gasteiger partial charge is 0.253 e. The van der Waals surface area contributed by atoms with Gasteiger partial charge in [-0.1, -0.05) is 36.4 Å². The zero-order valence-electron chi connectivity index (χ0n) is 16.1. The summed E-state index contributed by atoms with van der Waals surface area (Å²) in [4.78, 5) is 30.6. The summed E-state index contributed by atoms with van der Waals surface area (Å²) in [5.41, 5.74) is 9.52. The summed E-state index contributed by atoms with van der Waals surface area (Å²) in [6.45, 7) is 1.48. The van der Waals surface area contributed by atoms with Crippen molar-refractivity contribution in [2.75, 3.05) is 13.1 Å². The van der Waals surface area contributed by atoms with Crippen LogP contribution in [-0.2, 0) is 0 Å². The number of carbonyl (C=O) groups is 2. The molecule has 0 unspecified atom stereocenters. The highest BCUT2D eigenvalue weighted by molar-refractivity contribution is 5.94. The third-order valence-electron chi connectivity index (χ3n) is 5.49. The number of aromatic nitrogens is 1. The van der Waals surface area contributed by atoms with Crippen LogP contribution in [0.15, 0.2) is 72.9 Å². The van der Waals surface area contributed by atoms with E-state index in [1.165, 1.54) is 0 Å².